The monoisotopic (exact) mass is 540 g/mol. The summed E-state index contributed by atoms with van der Waals surface area (Å²) in [5.74, 6) is -0.153. The van der Waals surface area contributed by atoms with Gasteiger partial charge in [0.2, 0.25) is 0 Å². The predicted octanol–water partition coefficient (Wildman–Crippen LogP) is 5.70. The third kappa shape index (κ3) is 26.0. The Morgan fingerprint density at radius 1 is 0.771 bits per heavy atom. The summed E-state index contributed by atoms with van der Waals surface area (Å²) in [4.78, 5) is 52.8. The summed E-state index contributed by atoms with van der Waals surface area (Å²) in [5.41, 5.74) is 0. The zero-order valence-corrected chi connectivity index (χ0v) is 23.1. The van der Waals surface area contributed by atoms with E-state index >= 15 is 0 Å². The Kier molecular flexibility index (Phi) is 21.7. The number of rotatable bonds is 23. The Labute approximate surface area is 214 Å². The maximum atomic E-state index is 12.1. The summed E-state index contributed by atoms with van der Waals surface area (Å²) in [7, 11) is -4.74. The van der Waals surface area contributed by atoms with Gasteiger partial charge in [0.25, 0.3) is 0 Å². The van der Waals surface area contributed by atoms with Crippen molar-refractivity contribution >= 4 is 36.6 Å². The van der Waals surface area contributed by atoms with Crippen LogP contribution in [0.3, 0.4) is 0 Å². The molecule has 0 unspecified atom stereocenters. The Morgan fingerprint density at radius 3 is 1.83 bits per heavy atom. The molecule has 35 heavy (non-hydrogen) atoms. The van der Waals surface area contributed by atoms with Crippen molar-refractivity contribution in [1.82, 2.24) is 0 Å². The normalized spacial score (nSPS) is 12.3. The molecule has 0 amide bonds. The van der Waals surface area contributed by atoms with Crippen LogP contribution in [0.4, 0.5) is 0 Å². The molecule has 0 heterocycles. The highest BCUT2D eigenvalue weighted by Crippen LogP contribution is 2.35. The number of ether oxygens (including phenoxy) is 2. The van der Waals surface area contributed by atoms with Crippen molar-refractivity contribution in [3.63, 3.8) is 0 Å². The molecule has 0 aromatic rings. The van der Waals surface area contributed by atoms with E-state index in [4.69, 9.17) is 19.3 Å². The molecule has 2 N–H and O–H groups in total. The van der Waals surface area contributed by atoms with Gasteiger partial charge in [-0.15, -0.1) is 0 Å². The summed E-state index contributed by atoms with van der Waals surface area (Å²) >= 11 is 1.32. The van der Waals surface area contributed by atoms with Crippen molar-refractivity contribution < 1.29 is 42.7 Å². The van der Waals surface area contributed by atoms with E-state index in [0.717, 1.165) is 50.7 Å². The van der Waals surface area contributed by atoms with Crippen LogP contribution < -0.4 is 0 Å². The van der Waals surface area contributed by atoms with Crippen LogP contribution in [0, 0.1) is 0 Å². The smallest absolute Gasteiger partial charge is 0.462 e. The number of carbonyl (C=O) groups is 3. The first kappa shape index (κ1) is 34.1. The molecular weight excluding hydrogens is 495 g/mol. The predicted molar refractivity (Wildman–Crippen MR) is 137 cm³/mol. The number of thioether (sulfide) groups is 1. The van der Waals surface area contributed by atoms with Crippen LogP contribution >= 0.6 is 19.6 Å². The average Bonchev–Trinajstić information content (AvgIpc) is 2.78. The lowest BCUT2D eigenvalue weighted by molar-refractivity contribution is -0.161. The van der Waals surface area contributed by atoms with E-state index in [0.29, 0.717) is 12.8 Å². The quantitative estimate of drug-likeness (QED) is 0.0943. The lowest BCUT2D eigenvalue weighted by Gasteiger charge is -2.18. The Balaban J connectivity index is 4.13. The Morgan fingerprint density at radius 2 is 1.29 bits per heavy atom. The second-order valence-corrected chi connectivity index (χ2v) is 11.2. The van der Waals surface area contributed by atoms with Gasteiger partial charge in [-0.1, -0.05) is 82.9 Å². The largest absolute Gasteiger partial charge is 0.469 e. The zero-order chi connectivity index (χ0) is 26.4. The van der Waals surface area contributed by atoms with Crippen LogP contribution in [-0.4, -0.2) is 51.9 Å². The minimum Gasteiger partial charge on any atom is -0.462 e. The van der Waals surface area contributed by atoms with Crippen LogP contribution in [0.2, 0.25) is 0 Å². The molecular formula is C24H45O9PS. The fraction of sp³-hybridized carbons (Fsp3) is 0.875. The molecule has 0 rings (SSSR count). The third-order valence-electron chi connectivity index (χ3n) is 5.22. The first-order valence-electron chi connectivity index (χ1n) is 12.8. The van der Waals surface area contributed by atoms with Crippen molar-refractivity contribution in [2.45, 2.75) is 116 Å². The average molecular weight is 541 g/mol. The van der Waals surface area contributed by atoms with Crippen molar-refractivity contribution in [1.29, 1.82) is 0 Å². The summed E-state index contributed by atoms with van der Waals surface area (Å²) < 4.78 is 25.8. The van der Waals surface area contributed by atoms with Crippen LogP contribution in [0.25, 0.3) is 0 Å². The molecule has 0 radical (unpaired) electrons. The van der Waals surface area contributed by atoms with E-state index in [2.05, 4.69) is 11.4 Å². The third-order valence-corrected chi connectivity index (χ3v) is 6.61. The van der Waals surface area contributed by atoms with Crippen LogP contribution in [0.15, 0.2) is 0 Å². The van der Waals surface area contributed by atoms with E-state index in [1.807, 2.05) is 0 Å². The molecule has 0 aromatic carbocycles. The zero-order valence-electron chi connectivity index (χ0n) is 21.4. The van der Waals surface area contributed by atoms with E-state index in [1.54, 1.807) is 6.92 Å². The molecule has 9 nitrogen and oxygen atoms in total. The maximum absolute atomic E-state index is 12.1. The van der Waals surface area contributed by atoms with Gasteiger partial charge in [0, 0.05) is 25.5 Å². The van der Waals surface area contributed by atoms with Gasteiger partial charge in [0.05, 0.1) is 6.61 Å². The van der Waals surface area contributed by atoms with Crippen LogP contribution in [-0.2, 0) is 32.9 Å². The molecule has 0 saturated carbocycles. The van der Waals surface area contributed by atoms with Gasteiger partial charge in [-0.2, -0.15) is 0 Å². The highest BCUT2D eigenvalue weighted by Gasteiger charge is 2.22. The number of carbonyl (C=O) groups excluding carboxylic acids is 3. The highest BCUT2D eigenvalue weighted by atomic mass is 32.2. The summed E-state index contributed by atoms with van der Waals surface area (Å²) in [5, 5.41) is 0.121. The molecule has 0 aliphatic carbocycles. The minimum absolute atomic E-state index is 0.121. The first-order chi connectivity index (χ1) is 16.6. The van der Waals surface area contributed by atoms with E-state index in [-0.39, 0.29) is 24.6 Å². The fourth-order valence-corrected chi connectivity index (χ4v) is 4.32. The van der Waals surface area contributed by atoms with Gasteiger partial charge < -0.3 is 19.3 Å². The molecule has 0 saturated heterocycles. The van der Waals surface area contributed by atoms with Gasteiger partial charge in [-0.25, -0.2) is 4.57 Å². The summed E-state index contributed by atoms with van der Waals surface area (Å²) in [6.07, 6.45) is 12.4. The van der Waals surface area contributed by atoms with E-state index in [1.165, 1.54) is 37.4 Å². The number of hydrogen-bond acceptors (Lipinski definition) is 8. The van der Waals surface area contributed by atoms with Crippen LogP contribution in [0.5, 0.6) is 0 Å². The van der Waals surface area contributed by atoms with E-state index < -0.39 is 32.5 Å². The first-order valence-corrected chi connectivity index (χ1v) is 15.3. The summed E-state index contributed by atoms with van der Waals surface area (Å²) in [6, 6.07) is 0. The molecule has 0 bridgehead atoms. The molecule has 0 aliphatic rings. The SMILES string of the molecule is CCCCCCCCCCC(=O)O[C@H](COC(=O)CCCCCCCSC(C)=O)COP(=O)(O)O. The topological polar surface area (TPSA) is 136 Å². The van der Waals surface area contributed by atoms with Crippen molar-refractivity contribution in [3.05, 3.63) is 0 Å². The lowest BCUT2D eigenvalue weighted by atomic mass is 10.1. The maximum Gasteiger partial charge on any atom is 0.469 e. The van der Waals surface area contributed by atoms with Crippen molar-refractivity contribution in [2.24, 2.45) is 0 Å². The van der Waals surface area contributed by atoms with E-state index in [9.17, 15) is 18.9 Å². The number of unbranched alkanes of at least 4 members (excludes halogenated alkanes) is 11. The Bertz CT molecular complexity index is 624. The molecule has 1 atom stereocenters. The van der Waals surface area contributed by atoms with Crippen LogP contribution in [0.1, 0.15) is 110 Å². The van der Waals surface area contributed by atoms with Gasteiger partial charge in [0.1, 0.15) is 6.61 Å². The number of esters is 2. The second-order valence-electron chi connectivity index (χ2n) is 8.66. The minimum atomic E-state index is -4.74. The van der Waals surface area contributed by atoms with Crippen molar-refractivity contribution in [2.75, 3.05) is 19.0 Å². The summed E-state index contributed by atoms with van der Waals surface area (Å²) in [6.45, 7) is 2.86. The second kappa shape index (κ2) is 22.3. The molecule has 206 valence electrons. The highest BCUT2D eigenvalue weighted by molar-refractivity contribution is 8.13. The van der Waals surface area contributed by atoms with Gasteiger partial charge >= 0.3 is 19.8 Å². The number of hydrogen-bond donors (Lipinski definition) is 2. The number of phosphoric ester groups is 1. The standard InChI is InChI=1S/C24H45O9PS/c1-3-4-5-6-7-8-10-14-17-24(27)33-22(20-32-34(28,29)30)19-31-23(26)16-13-11-9-12-15-18-35-21(2)25/h22H,3-20H2,1-2H3,(H2,28,29,30)/t22-/m1/s1. The fourth-order valence-electron chi connectivity index (χ4n) is 3.32. The van der Waals surface area contributed by atoms with Gasteiger partial charge in [-0.05, 0) is 19.3 Å². The van der Waals surface area contributed by atoms with Gasteiger partial charge in [-0.3, -0.25) is 18.9 Å². The Hall–Kier alpha value is -0.930. The van der Waals surface area contributed by atoms with Gasteiger partial charge in [0.15, 0.2) is 11.2 Å². The molecule has 11 heteroatoms. The lowest BCUT2D eigenvalue weighted by Crippen LogP contribution is -2.29. The molecule has 0 aliphatic heterocycles. The van der Waals surface area contributed by atoms with Crippen molar-refractivity contribution in [3.8, 4) is 0 Å². The molecule has 0 spiro atoms. The number of phosphoric acid groups is 1. The molecule has 0 fully saturated rings. The molecule has 0 aromatic heterocycles.